The van der Waals surface area contributed by atoms with Crippen LogP contribution in [0.1, 0.15) is 42.9 Å². The van der Waals surface area contributed by atoms with E-state index in [9.17, 15) is 13.8 Å². The van der Waals surface area contributed by atoms with Gasteiger partial charge >= 0.3 is 5.97 Å². The van der Waals surface area contributed by atoms with Gasteiger partial charge in [-0.05, 0) is 56.7 Å². The summed E-state index contributed by atoms with van der Waals surface area (Å²) in [6.07, 6.45) is 3.57. The molecule has 1 fully saturated rings. The number of morpholine rings is 1. The highest BCUT2D eigenvalue weighted by Gasteiger charge is 2.20. The first kappa shape index (κ1) is 31.9. The number of esters is 1. The van der Waals surface area contributed by atoms with Crippen LogP contribution in [0.3, 0.4) is 0 Å². The first-order valence-electron chi connectivity index (χ1n) is 14.7. The maximum Gasteiger partial charge on any atom is 0.319 e. The number of hydrogen-bond donors (Lipinski definition) is 1. The minimum absolute atomic E-state index is 0.201. The Hall–Kier alpha value is -3.51. The van der Waals surface area contributed by atoms with E-state index in [4.69, 9.17) is 21.1 Å². The molecule has 4 aromatic rings. The van der Waals surface area contributed by atoms with Gasteiger partial charge in [-0.1, -0.05) is 23.7 Å². The van der Waals surface area contributed by atoms with E-state index < -0.39 is 16.8 Å². The van der Waals surface area contributed by atoms with E-state index >= 15 is 0 Å². The normalized spacial score (nSPS) is 15.4. The second-order valence-corrected chi connectivity index (χ2v) is 13.1. The summed E-state index contributed by atoms with van der Waals surface area (Å²) < 4.78 is 26.9. The van der Waals surface area contributed by atoms with Gasteiger partial charge in [0.05, 0.1) is 48.9 Å². The standard InChI is InChI=1S/C32H38ClN5O5S/c1-21(2)43-31(39)20-44(41)26-7-5-23(6-8-26)22(3)35-32(40)30-16-24-15-28(33)27(17-29(24)36(30)4)25-18-34-38(19-25)10-9-37-11-13-42-14-12-37/h5-8,15-19,21-22H,9-14,20H2,1-4H3,(H,35,40)/t22-,44?/m1/s1. The molecule has 0 saturated carbocycles. The highest BCUT2D eigenvalue weighted by Crippen LogP contribution is 2.33. The first-order valence-corrected chi connectivity index (χ1v) is 16.4. The predicted molar refractivity (Wildman–Crippen MR) is 171 cm³/mol. The van der Waals surface area contributed by atoms with Gasteiger partial charge < -0.3 is 19.4 Å². The predicted octanol–water partition coefficient (Wildman–Crippen LogP) is 4.58. The van der Waals surface area contributed by atoms with Crippen molar-refractivity contribution in [2.75, 3.05) is 38.6 Å². The third-order valence-corrected chi connectivity index (χ3v) is 9.27. The van der Waals surface area contributed by atoms with E-state index in [-0.39, 0.29) is 23.8 Å². The van der Waals surface area contributed by atoms with Gasteiger partial charge in [-0.25, -0.2) is 0 Å². The Bertz CT molecular complexity index is 1660. The largest absolute Gasteiger partial charge is 0.462 e. The van der Waals surface area contributed by atoms with E-state index in [0.717, 1.165) is 67.0 Å². The van der Waals surface area contributed by atoms with E-state index in [1.165, 1.54) is 0 Å². The van der Waals surface area contributed by atoms with Crippen molar-refractivity contribution in [3.63, 3.8) is 0 Å². The van der Waals surface area contributed by atoms with Gasteiger partial charge in [0.1, 0.15) is 11.4 Å². The summed E-state index contributed by atoms with van der Waals surface area (Å²) in [5.41, 5.74) is 4.00. The van der Waals surface area contributed by atoms with Crippen LogP contribution in [0.4, 0.5) is 0 Å². The number of rotatable bonds is 11. The molecule has 0 radical (unpaired) electrons. The molecule has 44 heavy (non-hydrogen) atoms. The van der Waals surface area contributed by atoms with Crippen LogP contribution in [0.2, 0.25) is 5.02 Å². The summed E-state index contributed by atoms with van der Waals surface area (Å²) in [5.74, 6) is -0.928. The molecular weight excluding hydrogens is 602 g/mol. The lowest BCUT2D eigenvalue weighted by Gasteiger charge is -2.26. The van der Waals surface area contributed by atoms with Gasteiger partial charge in [0, 0.05) is 64.8 Å². The Kier molecular flexibility index (Phi) is 10.2. The molecule has 1 unspecified atom stereocenters. The van der Waals surface area contributed by atoms with Gasteiger partial charge in [-0.15, -0.1) is 0 Å². The smallest absolute Gasteiger partial charge is 0.319 e. The van der Waals surface area contributed by atoms with Crippen molar-refractivity contribution in [3.05, 3.63) is 71.1 Å². The monoisotopic (exact) mass is 639 g/mol. The molecule has 1 N–H and O–H groups in total. The number of carbonyl (C=O) groups is 2. The van der Waals surface area contributed by atoms with Crippen LogP contribution >= 0.6 is 11.6 Å². The minimum atomic E-state index is -1.51. The number of carbonyl (C=O) groups excluding carboxylic acids is 2. The quantitative estimate of drug-likeness (QED) is 0.240. The fourth-order valence-corrected chi connectivity index (χ4v) is 6.41. The molecule has 5 rings (SSSR count). The third-order valence-electron chi connectivity index (χ3n) is 7.66. The number of nitrogens with one attached hydrogen (secondary N) is 1. The van der Waals surface area contributed by atoms with Crippen molar-refractivity contribution < 1.29 is 23.3 Å². The molecule has 10 nitrogen and oxygen atoms in total. The number of aromatic nitrogens is 3. The first-order chi connectivity index (χ1) is 21.1. The molecule has 0 bridgehead atoms. The molecule has 1 amide bonds. The topological polar surface area (TPSA) is 108 Å². The SMILES string of the molecule is CC(C)OC(=O)CS(=O)c1ccc([C@@H](C)NC(=O)c2cc3cc(Cl)c(-c4cnn(CCN5CCOCC5)c4)cc3n2C)cc1. The average molecular weight is 640 g/mol. The molecule has 2 atom stereocenters. The number of amides is 1. The Morgan fingerprint density at radius 1 is 1.09 bits per heavy atom. The Balaban J connectivity index is 1.25. The number of aryl methyl sites for hydroxylation is 1. The van der Waals surface area contributed by atoms with E-state index in [1.54, 1.807) is 38.1 Å². The Labute approximate surface area is 264 Å². The van der Waals surface area contributed by atoms with Crippen molar-refractivity contribution in [2.24, 2.45) is 7.05 Å². The summed E-state index contributed by atoms with van der Waals surface area (Å²) in [7, 11) is 0.350. The lowest BCUT2D eigenvalue weighted by atomic mass is 10.1. The molecule has 1 aliphatic rings. The number of fused-ring (bicyclic) bond motifs is 1. The van der Waals surface area contributed by atoms with Crippen LogP contribution < -0.4 is 5.32 Å². The molecule has 12 heteroatoms. The molecule has 1 saturated heterocycles. The molecule has 234 valence electrons. The lowest BCUT2D eigenvalue weighted by molar-refractivity contribution is -0.144. The number of ether oxygens (including phenoxy) is 2. The van der Waals surface area contributed by atoms with Gasteiger partial charge in [0.15, 0.2) is 0 Å². The summed E-state index contributed by atoms with van der Waals surface area (Å²) in [5, 5.41) is 9.05. The van der Waals surface area contributed by atoms with Gasteiger partial charge in [0.25, 0.3) is 5.91 Å². The van der Waals surface area contributed by atoms with Crippen molar-refractivity contribution in [1.82, 2.24) is 24.6 Å². The zero-order valence-electron chi connectivity index (χ0n) is 25.4. The summed E-state index contributed by atoms with van der Waals surface area (Å²) in [6.45, 7) is 10.5. The van der Waals surface area contributed by atoms with Gasteiger partial charge in [-0.3, -0.25) is 23.4 Å². The van der Waals surface area contributed by atoms with Crippen molar-refractivity contribution in [3.8, 4) is 11.1 Å². The van der Waals surface area contributed by atoms with Crippen LogP contribution in [0.5, 0.6) is 0 Å². The second kappa shape index (κ2) is 14.1. The van der Waals surface area contributed by atoms with E-state index in [1.807, 2.05) is 53.8 Å². The van der Waals surface area contributed by atoms with Crippen molar-refractivity contribution in [1.29, 1.82) is 0 Å². The maximum absolute atomic E-state index is 13.4. The molecule has 0 spiro atoms. The molecule has 2 aromatic carbocycles. The van der Waals surface area contributed by atoms with Crippen LogP contribution in [-0.4, -0.2) is 80.0 Å². The Morgan fingerprint density at radius 2 is 1.82 bits per heavy atom. The molecule has 0 aliphatic carbocycles. The fourth-order valence-electron chi connectivity index (χ4n) is 5.24. The summed E-state index contributed by atoms with van der Waals surface area (Å²) >= 11 is 6.72. The average Bonchev–Trinajstić information content (AvgIpc) is 3.59. The third kappa shape index (κ3) is 7.58. The number of hydrogen-bond acceptors (Lipinski definition) is 7. The van der Waals surface area contributed by atoms with E-state index in [2.05, 4.69) is 15.3 Å². The van der Waals surface area contributed by atoms with Crippen molar-refractivity contribution >= 4 is 45.2 Å². The summed E-state index contributed by atoms with van der Waals surface area (Å²) in [6, 6.07) is 12.4. The maximum atomic E-state index is 13.4. The zero-order chi connectivity index (χ0) is 31.4. The van der Waals surface area contributed by atoms with Crippen molar-refractivity contribution in [2.45, 2.75) is 44.4 Å². The van der Waals surface area contributed by atoms with E-state index in [0.29, 0.717) is 15.6 Å². The van der Waals surface area contributed by atoms with Crippen LogP contribution in [0.15, 0.2) is 59.8 Å². The highest BCUT2D eigenvalue weighted by atomic mass is 35.5. The molecule has 1 aliphatic heterocycles. The lowest BCUT2D eigenvalue weighted by Crippen LogP contribution is -2.38. The second-order valence-electron chi connectivity index (χ2n) is 11.2. The summed E-state index contributed by atoms with van der Waals surface area (Å²) in [4.78, 5) is 28.1. The number of halogens is 1. The highest BCUT2D eigenvalue weighted by molar-refractivity contribution is 7.85. The van der Waals surface area contributed by atoms with Crippen LogP contribution in [0, 0.1) is 0 Å². The van der Waals surface area contributed by atoms with Crippen LogP contribution in [-0.2, 0) is 38.7 Å². The molecule has 2 aromatic heterocycles. The Morgan fingerprint density at radius 3 is 2.52 bits per heavy atom. The fraction of sp³-hybridized carbons (Fsp3) is 0.406. The van der Waals surface area contributed by atoms with Gasteiger partial charge in [-0.2, -0.15) is 5.10 Å². The van der Waals surface area contributed by atoms with Crippen LogP contribution in [0.25, 0.3) is 22.0 Å². The minimum Gasteiger partial charge on any atom is -0.462 e. The van der Waals surface area contributed by atoms with Gasteiger partial charge in [0.2, 0.25) is 0 Å². The number of benzene rings is 2. The zero-order valence-corrected chi connectivity index (χ0v) is 27.0. The number of nitrogens with zero attached hydrogens (tertiary/aromatic N) is 4. The molecule has 3 heterocycles. The molecular formula is C32H38ClN5O5S.